The molecule has 0 aliphatic carbocycles. The maximum atomic E-state index is 13.5. The molecule has 0 radical (unpaired) electrons. The summed E-state index contributed by atoms with van der Waals surface area (Å²) in [4.78, 5) is 1.13. The van der Waals surface area contributed by atoms with E-state index < -0.39 is 0 Å². The number of rotatable bonds is 2. The molecule has 1 aliphatic heterocycles. The van der Waals surface area contributed by atoms with Crippen molar-refractivity contribution in [2.45, 2.75) is 23.8 Å². The van der Waals surface area contributed by atoms with Gasteiger partial charge in [0.15, 0.2) is 0 Å². The summed E-state index contributed by atoms with van der Waals surface area (Å²) < 4.78 is 13.5. The minimum Gasteiger partial charge on any atom is -0.310 e. The van der Waals surface area contributed by atoms with Gasteiger partial charge < -0.3 is 5.32 Å². The third-order valence-electron chi connectivity index (χ3n) is 2.64. The zero-order chi connectivity index (χ0) is 9.97. The van der Waals surface area contributed by atoms with Crippen LogP contribution in [0.1, 0.15) is 24.4 Å². The Morgan fingerprint density at radius 3 is 3.00 bits per heavy atom. The molecule has 1 aromatic carbocycles. The van der Waals surface area contributed by atoms with Crippen LogP contribution < -0.4 is 5.32 Å². The lowest BCUT2D eigenvalue weighted by Crippen LogP contribution is -2.14. The second-order valence-electron chi connectivity index (χ2n) is 3.54. The highest BCUT2D eigenvalue weighted by molar-refractivity contribution is 7.98. The van der Waals surface area contributed by atoms with Crippen LogP contribution >= 0.6 is 11.8 Å². The van der Waals surface area contributed by atoms with Gasteiger partial charge in [0.1, 0.15) is 5.82 Å². The van der Waals surface area contributed by atoms with Crippen LogP contribution in [0.5, 0.6) is 0 Å². The number of hydrogen-bond donors (Lipinski definition) is 1. The summed E-state index contributed by atoms with van der Waals surface area (Å²) in [6, 6.07) is 5.59. The summed E-state index contributed by atoms with van der Waals surface area (Å²) in [7, 11) is 0. The van der Waals surface area contributed by atoms with Gasteiger partial charge in [0.05, 0.1) is 0 Å². The van der Waals surface area contributed by atoms with Crippen molar-refractivity contribution in [1.29, 1.82) is 0 Å². The molecule has 14 heavy (non-hydrogen) atoms. The Hall–Kier alpha value is -0.540. The molecule has 2 rings (SSSR count). The predicted molar refractivity (Wildman–Crippen MR) is 58.2 cm³/mol. The first-order valence-corrected chi connectivity index (χ1v) is 6.10. The first-order chi connectivity index (χ1) is 6.81. The Morgan fingerprint density at radius 2 is 2.36 bits per heavy atom. The molecule has 0 amide bonds. The van der Waals surface area contributed by atoms with E-state index in [2.05, 4.69) is 5.32 Å². The zero-order valence-corrected chi connectivity index (χ0v) is 9.03. The highest BCUT2D eigenvalue weighted by Gasteiger charge is 2.19. The topological polar surface area (TPSA) is 12.0 Å². The fourth-order valence-electron chi connectivity index (χ4n) is 1.87. The average molecular weight is 211 g/mol. The Kier molecular flexibility index (Phi) is 3.08. The maximum absolute atomic E-state index is 13.5. The van der Waals surface area contributed by atoms with E-state index in [0.29, 0.717) is 0 Å². The van der Waals surface area contributed by atoms with Crippen LogP contribution in [0, 0.1) is 5.82 Å². The lowest BCUT2D eigenvalue weighted by atomic mass is 10.1. The van der Waals surface area contributed by atoms with Gasteiger partial charge in [-0.3, -0.25) is 0 Å². The molecule has 1 unspecified atom stereocenters. The maximum Gasteiger partial charge on any atom is 0.128 e. The normalized spacial score (nSPS) is 21.4. The van der Waals surface area contributed by atoms with Gasteiger partial charge in [-0.1, -0.05) is 0 Å². The second-order valence-corrected chi connectivity index (χ2v) is 4.42. The van der Waals surface area contributed by atoms with Crippen molar-refractivity contribution < 1.29 is 4.39 Å². The first-order valence-electron chi connectivity index (χ1n) is 4.88. The van der Waals surface area contributed by atoms with E-state index in [9.17, 15) is 4.39 Å². The van der Waals surface area contributed by atoms with Crippen LogP contribution in [-0.4, -0.2) is 12.8 Å². The van der Waals surface area contributed by atoms with Crippen LogP contribution in [0.25, 0.3) is 0 Å². The van der Waals surface area contributed by atoms with Crippen molar-refractivity contribution in [2.75, 3.05) is 12.8 Å². The van der Waals surface area contributed by atoms with E-state index >= 15 is 0 Å². The fraction of sp³-hybridized carbons (Fsp3) is 0.455. The van der Waals surface area contributed by atoms with Crippen molar-refractivity contribution in [3.63, 3.8) is 0 Å². The monoisotopic (exact) mass is 211 g/mol. The van der Waals surface area contributed by atoms with Crippen LogP contribution in [0.4, 0.5) is 4.39 Å². The zero-order valence-electron chi connectivity index (χ0n) is 8.22. The molecule has 1 saturated heterocycles. The van der Waals surface area contributed by atoms with Crippen molar-refractivity contribution in [3.8, 4) is 0 Å². The average Bonchev–Trinajstić information content (AvgIpc) is 2.71. The van der Waals surface area contributed by atoms with Gasteiger partial charge in [0, 0.05) is 16.5 Å². The molecule has 1 atom stereocenters. The summed E-state index contributed by atoms with van der Waals surface area (Å²) in [5.41, 5.74) is 0.828. The van der Waals surface area contributed by atoms with Crippen LogP contribution in [0.2, 0.25) is 0 Å². The van der Waals surface area contributed by atoms with Crippen LogP contribution in [-0.2, 0) is 0 Å². The molecule has 0 aromatic heterocycles. The first kappa shape index (κ1) is 9.99. The molecule has 1 fully saturated rings. The second kappa shape index (κ2) is 4.32. The summed E-state index contributed by atoms with van der Waals surface area (Å²) in [5.74, 6) is -0.0813. The lowest BCUT2D eigenvalue weighted by Gasteiger charge is -2.12. The van der Waals surface area contributed by atoms with Gasteiger partial charge in [0.25, 0.3) is 0 Å². The Balaban J connectivity index is 2.29. The minimum absolute atomic E-state index is 0.0813. The molecular weight excluding hydrogens is 197 g/mol. The van der Waals surface area contributed by atoms with Gasteiger partial charge in [-0.15, -0.1) is 11.8 Å². The van der Waals surface area contributed by atoms with Gasteiger partial charge in [-0.25, -0.2) is 4.39 Å². The number of thioether (sulfide) groups is 1. The summed E-state index contributed by atoms with van der Waals surface area (Å²) in [5, 5.41) is 3.32. The smallest absolute Gasteiger partial charge is 0.128 e. The molecule has 1 aliphatic rings. The molecule has 0 bridgehead atoms. The number of benzene rings is 1. The SMILES string of the molecule is CSc1ccc(F)c(C2CCCN2)c1. The van der Waals surface area contributed by atoms with E-state index in [1.807, 2.05) is 18.4 Å². The fourth-order valence-corrected chi connectivity index (χ4v) is 2.31. The molecule has 1 heterocycles. The van der Waals surface area contributed by atoms with Gasteiger partial charge >= 0.3 is 0 Å². The quantitative estimate of drug-likeness (QED) is 0.755. The predicted octanol–water partition coefficient (Wildman–Crippen LogP) is 2.97. The van der Waals surface area contributed by atoms with E-state index in [0.717, 1.165) is 29.8 Å². The molecule has 3 heteroatoms. The van der Waals surface area contributed by atoms with Crippen molar-refractivity contribution in [1.82, 2.24) is 5.32 Å². The summed E-state index contributed by atoms with van der Waals surface area (Å²) >= 11 is 1.66. The molecule has 1 nitrogen and oxygen atoms in total. The summed E-state index contributed by atoms with van der Waals surface area (Å²) in [6.45, 7) is 1.01. The lowest BCUT2D eigenvalue weighted by molar-refractivity contribution is 0.557. The Labute approximate surface area is 88.1 Å². The third kappa shape index (κ3) is 1.93. The van der Waals surface area contributed by atoms with Gasteiger partial charge in [-0.2, -0.15) is 0 Å². The third-order valence-corrected chi connectivity index (χ3v) is 3.36. The molecule has 0 saturated carbocycles. The van der Waals surface area contributed by atoms with E-state index in [1.165, 1.54) is 0 Å². The van der Waals surface area contributed by atoms with Crippen molar-refractivity contribution >= 4 is 11.8 Å². The molecular formula is C11H14FNS. The van der Waals surface area contributed by atoms with E-state index in [-0.39, 0.29) is 11.9 Å². The largest absolute Gasteiger partial charge is 0.310 e. The molecule has 0 spiro atoms. The van der Waals surface area contributed by atoms with Crippen LogP contribution in [0.15, 0.2) is 23.1 Å². The number of hydrogen-bond acceptors (Lipinski definition) is 2. The Morgan fingerprint density at radius 1 is 1.50 bits per heavy atom. The number of halogens is 1. The Bertz CT molecular complexity index is 321. The van der Waals surface area contributed by atoms with Gasteiger partial charge in [0.2, 0.25) is 0 Å². The molecule has 76 valence electrons. The summed E-state index contributed by atoms with van der Waals surface area (Å²) in [6.07, 6.45) is 4.21. The van der Waals surface area contributed by atoms with E-state index in [1.54, 1.807) is 17.8 Å². The number of nitrogens with one attached hydrogen (secondary N) is 1. The molecule has 1 aromatic rings. The van der Waals surface area contributed by atoms with Crippen molar-refractivity contribution in [3.05, 3.63) is 29.6 Å². The van der Waals surface area contributed by atoms with Gasteiger partial charge in [-0.05, 0) is 43.8 Å². The highest BCUT2D eigenvalue weighted by atomic mass is 32.2. The standard InChI is InChI=1S/C11H14FNS/c1-14-8-4-5-10(12)9(7-8)11-3-2-6-13-11/h4-5,7,11,13H,2-3,6H2,1H3. The van der Waals surface area contributed by atoms with Crippen molar-refractivity contribution in [2.24, 2.45) is 0 Å². The van der Waals surface area contributed by atoms with Crippen LogP contribution in [0.3, 0.4) is 0 Å². The highest BCUT2D eigenvalue weighted by Crippen LogP contribution is 2.28. The van der Waals surface area contributed by atoms with E-state index in [4.69, 9.17) is 0 Å². The molecule has 1 N–H and O–H groups in total. The minimum atomic E-state index is -0.0813.